The van der Waals surface area contributed by atoms with Gasteiger partial charge in [0.2, 0.25) is 5.95 Å². The molecule has 2 fully saturated rings. The lowest BCUT2D eigenvalue weighted by molar-refractivity contribution is -0.0533. The maximum absolute atomic E-state index is 6.38. The highest BCUT2D eigenvalue weighted by Gasteiger charge is 2.44. The minimum Gasteiger partial charge on any atom is -0.497 e. The Bertz CT molecular complexity index is 740. The van der Waals surface area contributed by atoms with E-state index in [0.717, 1.165) is 50.8 Å². The summed E-state index contributed by atoms with van der Waals surface area (Å²) in [6, 6.07) is 10.5. The molecule has 2 saturated heterocycles. The topological polar surface area (TPSA) is 50.7 Å². The van der Waals surface area contributed by atoms with Gasteiger partial charge in [-0.3, -0.25) is 4.90 Å². The largest absolute Gasteiger partial charge is 0.497 e. The van der Waals surface area contributed by atoms with Crippen molar-refractivity contribution >= 4 is 5.95 Å². The molecule has 2 aromatic rings. The average Bonchev–Trinajstić information content (AvgIpc) is 3.12. The first kappa shape index (κ1) is 18.2. The van der Waals surface area contributed by atoms with Crippen LogP contribution >= 0.6 is 0 Å². The van der Waals surface area contributed by atoms with E-state index < -0.39 is 0 Å². The molecule has 2 atom stereocenters. The number of ether oxygens (including phenoxy) is 2. The minimum atomic E-state index is -0.0432. The summed E-state index contributed by atoms with van der Waals surface area (Å²) < 4.78 is 11.6. The Kier molecular flexibility index (Phi) is 5.27. The quantitative estimate of drug-likeness (QED) is 0.809. The maximum atomic E-state index is 6.38. The number of rotatable bonds is 5. The molecule has 6 heteroatoms. The monoisotopic (exact) mass is 368 g/mol. The Morgan fingerprint density at radius 3 is 2.78 bits per heavy atom. The molecule has 0 bridgehead atoms. The molecular formula is C21H28N4O2. The molecule has 0 aliphatic carbocycles. The van der Waals surface area contributed by atoms with E-state index in [1.807, 2.05) is 18.2 Å². The predicted molar refractivity (Wildman–Crippen MR) is 105 cm³/mol. The summed E-state index contributed by atoms with van der Waals surface area (Å²) in [7, 11) is 3.77. The number of piperidine rings is 1. The van der Waals surface area contributed by atoms with E-state index in [9.17, 15) is 0 Å². The number of hydrogen-bond acceptors (Lipinski definition) is 6. The second kappa shape index (κ2) is 7.82. The molecule has 27 heavy (non-hydrogen) atoms. The number of anilines is 1. The smallest absolute Gasteiger partial charge is 0.225 e. The van der Waals surface area contributed by atoms with Gasteiger partial charge in [0.15, 0.2) is 0 Å². The lowest BCUT2D eigenvalue weighted by Gasteiger charge is -2.40. The third kappa shape index (κ3) is 4.06. The summed E-state index contributed by atoms with van der Waals surface area (Å²) in [5.41, 5.74) is 1.27. The van der Waals surface area contributed by atoms with Gasteiger partial charge >= 0.3 is 0 Å². The van der Waals surface area contributed by atoms with E-state index in [2.05, 4.69) is 38.9 Å². The Balaban J connectivity index is 1.38. The highest BCUT2D eigenvalue weighted by Crippen LogP contribution is 2.37. The van der Waals surface area contributed by atoms with Gasteiger partial charge in [0.05, 0.1) is 25.4 Å². The minimum absolute atomic E-state index is 0.0432. The molecule has 144 valence electrons. The van der Waals surface area contributed by atoms with E-state index in [0.29, 0.717) is 6.04 Å². The van der Waals surface area contributed by atoms with Gasteiger partial charge in [-0.1, -0.05) is 12.1 Å². The second-order valence-electron chi connectivity index (χ2n) is 7.67. The predicted octanol–water partition coefficient (Wildman–Crippen LogP) is 2.75. The summed E-state index contributed by atoms with van der Waals surface area (Å²) in [6.45, 7) is 3.81. The van der Waals surface area contributed by atoms with Crippen LogP contribution < -0.4 is 9.64 Å². The van der Waals surface area contributed by atoms with Crippen LogP contribution in [0.1, 0.15) is 24.8 Å². The first-order chi connectivity index (χ1) is 13.2. The zero-order valence-electron chi connectivity index (χ0n) is 16.2. The van der Waals surface area contributed by atoms with Crippen LogP contribution in [0.3, 0.4) is 0 Å². The lowest BCUT2D eigenvalue weighted by Crippen LogP contribution is -2.48. The van der Waals surface area contributed by atoms with E-state index >= 15 is 0 Å². The van der Waals surface area contributed by atoms with Gasteiger partial charge in [-0.2, -0.15) is 0 Å². The Labute approximate surface area is 161 Å². The number of benzene rings is 1. The van der Waals surface area contributed by atoms with E-state index in [1.165, 1.54) is 12.0 Å². The Morgan fingerprint density at radius 2 is 2.04 bits per heavy atom. The summed E-state index contributed by atoms with van der Waals surface area (Å²) in [5, 5.41) is 0. The van der Waals surface area contributed by atoms with Gasteiger partial charge in [-0.25, -0.2) is 9.97 Å². The van der Waals surface area contributed by atoms with Crippen molar-refractivity contribution in [2.75, 3.05) is 38.8 Å². The van der Waals surface area contributed by atoms with Crippen LogP contribution in [0.4, 0.5) is 5.95 Å². The molecule has 1 aromatic heterocycles. The van der Waals surface area contributed by atoms with Crippen LogP contribution in [0.25, 0.3) is 0 Å². The van der Waals surface area contributed by atoms with Crippen molar-refractivity contribution in [3.05, 3.63) is 48.3 Å². The SMILES string of the molecule is COc1ccc(CN2CCC[C@@]3(C[C@@H](N(C)c4ncccn4)CO3)C2)cc1. The molecule has 2 aliphatic rings. The van der Waals surface area contributed by atoms with Crippen molar-refractivity contribution in [2.24, 2.45) is 0 Å². The number of hydrogen-bond donors (Lipinski definition) is 0. The molecule has 0 amide bonds. The lowest BCUT2D eigenvalue weighted by atomic mass is 9.88. The normalized spacial score (nSPS) is 25.6. The van der Waals surface area contributed by atoms with Crippen molar-refractivity contribution in [1.29, 1.82) is 0 Å². The molecule has 0 saturated carbocycles. The Morgan fingerprint density at radius 1 is 1.26 bits per heavy atom. The fraction of sp³-hybridized carbons (Fsp3) is 0.524. The molecule has 6 nitrogen and oxygen atoms in total. The highest BCUT2D eigenvalue weighted by molar-refractivity contribution is 5.30. The molecule has 0 radical (unpaired) electrons. The van der Waals surface area contributed by atoms with Crippen LogP contribution in [-0.4, -0.2) is 60.4 Å². The van der Waals surface area contributed by atoms with E-state index in [-0.39, 0.29) is 5.60 Å². The zero-order chi connectivity index (χ0) is 18.7. The summed E-state index contributed by atoms with van der Waals surface area (Å²) in [4.78, 5) is 13.4. The van der Waals surface area contributed by atoms with Gasteiger partial charge in [0, 0.05) is 39.0 Å². The van der Waals surface area contributed by atoms with Crippen molar-refractivity contribution < 1.29 is 9.47 Å². The van der Waals surface area contributed by atoms with Crippen molar-refractivity contribution in [3.63, 3.8) is 0 Å². The first-order valence-corrected chi connectivity index (χ1v) is 9.67. The van der Waals surface area contributed by atoms with Crippen LogP contribution in [0.5, 0.6) is 5.75 Å². The first-order valence-electron chi connectivity index (χ1n) is 9.67. The third-order valence-electron chi connectivity index (χ3n) is 5.79. The summed E-state index contributed by atoms with van der Waals surface area (Å²) in [6.07, 6.45) is 6.92. The van der Waals surface area contributed by atoms with Crippen LogP contribution in [0.15, 0.2) is 42.7 Å². The van der Waals surface area contributed by atoms with Gasteiger partial charge in [-0.15, -0.1) is 0 Å². The van der Waals surface area contributed by atoms with Crippen LogP contribution in [0, 0.1) is 0 Å². The van der Waals surface area contributed by atoms with Gasteiger partial charge in [0.1, 0.15) is 5.75 Å². The Hall–Kier alpha value is -2.18. The van der Waals surface area contributed by atoms with Crippen molar-refractivity contribution in [1.82, 2.24) is 14.9 Å². The number of aromatic nitrogens is 2. The maximum Gasteiger partial charge on any atom is 0.225 e. The van der Waals surface area contributed by atoms with Gasteiger partial charge < -0.3 is 14.4 Å². The van der Waals surface area contributed by atoms with Gasteiger partial charge in [0.25, 0.3) is 0 Å². The van der Waals surface area contributed by atoms with Crippen molar-refractivity contribution in [2.45, 2.75) is 37.5 Å². The summed E-state index contributed by atoms with van der Waals surface area (Å²) in [5.74, 6) is 1.68. The molecular weight excluding hydrogens is 340 g/mol. The molecule has 4 rings (SSSR count). The number of methoxy groups -OCH3 is 1. The fourth-order valence-electron chi connectivity index (χ4n) is 4.30. The zero-order valence-corrected chi connectivity index (χ0v) is 16.2. The molecule has 0 unspecified atom stereocenters. The van der Waals surface area contributed by atoms with E-state index in [1.54, 1.807) is 19.5 Å². The van der Waals surface area contributed by atoms with Crippen LogP contribution in [0.2, 0.25) is 0 Å². The second-order valence-corrected chi connectivity index (χ2v) is 7.67. The molecule has 2 aliphatic heterocycles. The summed E-state index contributed by atoms with van der Waals surface area (Å²) >= 11 is 0. The number of likely N-dealkylation sites (tertiary alicyclic amines) is 1. The van der Waals surface area contributed by atoms with Gasteiger partial charge in [-0.05, 0) is 43.1 Å². The molecule has 3 heterocycles. The molecule has 1 spiro atoms. The molecule has 0 N–H and O–H groups in total. The van der Waals surface area contributed by atoms with E-state index in [4.69, 9.17) is 9.47 Å². The average molecular weight is 368 g/mol. The van der Waals surface area contributed by atoms with Crippen molar-refractivity contribution in [3.8, 4) is 5.75 Å². The van der Waals surface area contributed by atoms with Crippen LogP contribution in [-0.2, 0) is 11.3 Å². The molecule has 1 aromatic carbocycles. The fourth-order valence-corrected chi connectivity index (χ4v) is 4.30. The number of nitrogens with zero attached hydrogens (tertiary/aromatic N) is 4. The highest BCUT2D eigenvalue weighted by atomic mass is 16.5. The number of likely N-dealkylation sites (N-methyl/N-ethyl adjacent to an activating group) is 1. The third-order valence-corrected chi connectivity index (χ3v) is 5.79. The standard InChI is InChI=1S/C21H28N4O2/c1-24(20-22-10-4-11-23-20)18-13-21(27-15-18)9-3-12-25(16-21)14-17-5-7-19(26-2)8-6-17/h4-8,10-11,18H,3,9,12-16H2,1-2H3/t18-,21-/m1/s1.